The Morgan fingerprint density at radius 2 is 1.96 bits per heavy atom. The Labute approximate surface area is 163 Å². The van der Waals surface area contributed by atoms with Gasteiger partial charge in [-0.05, 0) is 30.7 Å². The molecule has 4 aromatic rings. The van der Waals surface area contributed by atoms with Crippen LogP contribution < -0.4 is 10.9 Å². The minimum Gasteiger partial charge on any atom is -0.345 e. The Hall–Kier alpha value is -2.83. The third kappa shape index (κ3) is 2.97. The number of nitrogens with zero attached hydrogens (tertiary/aromatic N) is 2. The fourth-order valence-corrected chi connectivity index (χ4v) is 3.52. The minimum atomic E-state index is -0.383. The summed E-state index contributed by atoms with van der Waals surface area (Å²) in [5, 5.41) is 8.44. The summed E-state index contributed by atoms with van der Waals surface area (Å²) >= 11 is 12.3. The van der Waals surface area contributed by atoms with Gasteiger partial charge in [0.1, 0.15) is 11.2 Å². The van der Waals surface area contributed by atoms with Gasteiger partial charge >= 0.3 is 0 Å². The van der Waals surface area contributed by atoms with E-state index in [4.69, 9.17) is 23.2 Å². The van der Waals surface area contributed by atoms with Gasteiger partial charge in [0, 0.05) is 0 Å². The lowest BCUT2D eigenvalue weighted by Crippen LogP contribution is -2.27. The molecule has 0 saturated carbocycles. The third-order valence-corrected chi connectivity index (χ3v) is 5.25. The number of aromatic amines is 1. The molecule has 27 heavy (non-hydrogen) atoms. The number of carbonyl (C=O) groups is 1. The van der Waals surface area contributed by atoms with Crippen molar-refractivity contribution >= 4 is 45.7 Å². The zero-order valence-corrected chi connectivity index (χ0v) is 15.7. The predicted octanol–water partition coefficient (Wildman–Crippen LogP) is 3.97. The maximum atomic E-state index is 12.8. The number of hydrogen-bond donors (Lipinski definition) is 2. The molecule has 0 spiro atoms. The molecule has 2 heterocycles. The molecular formula is C19H14Cl2N4O2. The number of H-pyrrole nitrogens is 1. The Morgan fingerprint density at radius 3 is 2.78 bits per heavy atom. The first-order chi connectivity index (χ1) is 13.0. The van der Waals surface area contributed by atoms with Crippen molar-refractivity contribution in [3.63, 3.8) is 0 Å². The van der Waals surface area contributed by atoms with E-state index in [2.05, 4.69) is 15.4 Å². The van der Waals surface area contributed by atoms with Crippen molar-refractivity contribution in [2.24, 2.45) is 0 Å². The second-order valence-corrected chi connectivity index (χ2v) is 6.91. The first kappa shape index (κ1) is 17.6. The highest BCUT2D eigenvalue weighted by atomic mass is 35.5. The summed E-state index contributed by atoms with van der Waals surface area (Å²) in [6.45, 7) is 1.80. The van der Waals surface area contributed by atoms with Gasteiger partial charge in [-0.3, -0.25) is 9.59 Å². The van der Waals surface area contributed by atoms with Crippen molar-refractivity contribution < 1.29 is 4.79 Å². The lowest BCUT2D eigenvalue weighted by Gasteiger charge is -2.16. The van der Waals surface area contributed by atoms with E-state index in [0.717, 1.165) is 0 Å². The molecule has 0 fully saturated rings. The summed E-state index contributed by atoms with van der Waals surface area (Å²) in [6, 6.07) is 11.9. The molecule has 1 atom stereocenters. The number of amides is 1. The van der Waals surface area contributed by atoms with Gasteiger partial charge in [-0.25, -0.2) is 4.52 Å². The molecule has 0 bridgehead atoms. The van der Waals surface area contributed by atoms with Crippen LogP contribution in [0.2, 0.25) is 10.0 Å². The second kappa shape index (κ2) is 6.72. The van der Waals surface area contributed by atoms with Crippen LogP contribution in [0, 0.1) is 0 Å². The number of fused-ring (bicyclic) bond motifs is 3. The highest BCUT2D eigenvalue weighted by molar-refractivity contribution is 6.42. The average Bonchev–Trinajstić information content (AvgIpc) is 3.08. The first-order valence-corrected chi connectivity index (χ1v) is 8.96. The van der Waals surface area contributed by atoms with Crippen LogP contribution in [0.3, 0.4) is 0 Å². The highest BCUT2D eigenvalue weighted by Crippen LogP contribution is 2.30. The Balaban J connectivity index is 1.73. The quantitative estimate of drug-likeness (QED) is 0.545. The molecule has 0 aliphatic heterocycles. The number of carbonyl (C=O) groups excluding carboxylic acids is 1. The number of halogens is 2. The van der Waals surface area contributed by atoms with Gasteiger partial charge in [0.2, 0.25) is 0 Å². The van der Waals surface area contributed by atoms with Gasteiger partial charge in [0.15, 0.2) is 0 Å². The summed E-state index contributed by atoms with van der Waals surface area (Å²) in [5.74, 6) is -0.375. The second-order valence-electron chi connectivity index (χ2n) is 6.13. The fraction of sp³-hybridized carbons (Fsp3) is 0.105. The molecule has 136 valence electrons. The van der Waals surface area contributed by atoms with Gasteiger partial charge in [-0.1, -0.05) is 47.5 Å². The molecule has 0 radical (unpaired) electrons. The van der Waals surface area contributed by atoms with E-state index in [1.165, 1.54) is 6.20 Å². The van der Waals surface area contributed by atoms with Crippen LogP contribution in [0.15, 0.2) is 53.5 Å². The molecule has 2 N–H and O–H groups in total. The van der Waals surface area contributed by atoms with E-state index >= 15 is 0 Å². The largest absolute Gasteiger partial charge is 0.345 e. The summed E-state index contributed by atoms with van der Waals surface area (Å²) in [7, 11) is 0. The van der Waals surface area contributed by atoms with Crippen LogP contribution in [0.25, 0.3) is 16.6 Å². The monoisotopic (exact) mass is 400 g/mol. The van der Waals surface area contributed by atoms with E-state index in [1.54, 1.807) is 47.8 Å². The Bertz CT molecular complexity index is 1250. The minimum absolute atomic E-state index is 0.267. The smallest absolute Gasteiger partial charge is 0.259 e. The Kier molecular flexibility index (Phi) is 4.37. The van der Waals surface area contributed by atoms with Crippen LogP contribution in [-0.2, 0) is 0 Å². The SMILES string of the molecule is CC(NC(=O)c1cnn2c1[nH]c(=O)c1ccccc12)c1cccc(Cl)c1Cl. The van der Waals surface area contributed by atoms with E-state index in [9.17, 15) is 9.59 Å². The van der Waals surface area contributed by atoms with Gasteiger partial charge < -0.3 is 10.3 Å². The topological polar surface area (TPSA) is 79.3 Å². The molecule has 2 aromatic heterocycles. The standard InChI is InChI=1S/C19H14Cl2N4O2/c1-10(11-6-4-7-14(20)16(11)21)23-19(27)13-9-22-25-15-8-3-2-5-12(15)18(26)24-17(13)25/h2-10H,1H3,(H,23,27)(H,24,26). The van der Waals surface area contributed by atoms with Gasteiger partial charge in [0.05, 0.1) is 33.2 Å². The third-order valence-electron chi connectivity index (χ3n) is 4.42. The van der Waals surface area contributed by atoms with E-state index in [1.807, 2.05) is 6.07 Å². The lowest BCUT2D eigenvalue weighted by atomic mass is 10.1. The van der Waals surface area contributed by atoms with E-state index < -0.39 is 0 Å². The van der Waals surface area contributed by atoms with Gasteiger partial charge in [0.25, 0.3) is 11.5 Å². The molecule has 0 aliphatic carbocycles. The zero-order chi connectivity index (χ0) is 19.1. The van der Waals surface area contributed by atoms with E-state index in [-0.39, 0.29) is 23.1 Å². The van der Waals surface area contributed by atoms with Crippen LogP contribution in [0.4, 0.5) is 0 Å². The maximum Gasteiger partial charge on any atom is 0.259 e. The summed E-state index contributed by atoms with van der Waals surface area (Å²) in [6.07, 6.45) is 1.43. The van der Waals surface area contributed by atoms with Gasteiger partial charge in [-0.15, -0.1) is 0 Å². The van der Waals surface area contributed by atoms with Crippen molar-refractivity contribution in [2.45, 2.75) is 13.0 Å². The molecule has 4 rings (SSSR count). The number of nitrogens with one attached hydrogen (secondary N) is 2. The van der Waals surface area contributed by atoms with Crippen molar-refractivity contribution in [3.8, 4) is 0 Å². The normalized spacial score (nSPS) is 12.4. The number of hydrogen-bond acceptors (Lipinski definition) is 3. The van der Waals surface area contributed by atoms with Crippen LogP contribution in [0.5, 0.6) is 0 Å². The molecule has 6 nitrogen and oxygen atoms in total. The number of para-hydroxylation sites is 1. The van der Waals surface area contributed by atoms with Crippen LogP contribution in [-0.4, -0.2) is 20.5 Å². The molecule has 0 saturated heterocycles. The number of aromatic nitrogens is 3. The van der Waals surface area contributed by atoms with Crippen molar-refractivity contribution in [1.82, 2.24) is 19.9 Å². The molecule has 2 aromatic carbocycles. The van der Waals surface area contributed by atoms with Crippen molar-refractivity contribution in [3.05, 3.63) is 80.2 Å². The fourth-order valence-electron chi connectivity index (χ4n) is 3.05. The molecule has 1 amide bonds. The predicted molar refractivity (Wildman–Crippen MR) is 106 cm³/mol. The first-order valence-electron chi connectivity index (χ1n) is 8.21. The number of benzene rings is 2. The zero-order valence-electron chi connectivity index (χ0n) is 14.2. The van der Waals surface area contributed by atoms with E-state index in [0.29, 0.717) is 32.2 Å². The van der Waals surface area contributed by atoms with Crippen LogP contribution >= 0.6 is 23.2 Å². The average molecular weight is 401 g/mol. The maximum absolute atomic E-state index is 12.8. The summed E-state index contributed by atoms with van der Waals surface area (Å²) < 4.78 is 1.54. The summed E-state index contributed by atoms with van der Waals surface area (Å²) in [4.78, 5) is 27.8. The Morgan fingerprint density at radius 1 is 1.19 bits per heavy atom. The molecule has 8 heteroatoms. The molecule has 0 aliphatic rings. The number of rotatable bonds is 3. The van der Waals surface area contributed by atoms with Crippen molar-refractivity contribution in [2.75, 3.05) is 0 Å². The molecular weight excluding hydrogens is 387 g/mol. The lowest BCUT2D eigenvalue weighted by molar-refractivity contribution is 0.0941. The van der Waals surface area contributed by atoms with Crippen LogP contribution in [0.1, 0.15) is 28.9 Å². The molecule has 1 unspecified atom stereocenters. The summed E-state index contributed by atoms with van der Waals surface area (Å²) in [5.41, 5.74) is 1.65. The van der Waals surface area contributed by atoms with Gasteiger partial charge in [-0.2, -0.15) is 5.10 Å². The highest BCUT2D eigenvalue weighted by Gasteiger charge is 2.20. The van der Waals surface area contributed by atoms with Crippen molar-refractivity contribution in [1.29, 1.82) is 0 Å².